The van der Waals surface area contributed by atoms with E-state index in [4.69, 9.17) is 0 Å². The molecule has 0 saturated heterocycles. The van der Waals surface area contributed by atoms with Gasteiger partial charge in [0, 0.05) is 17.5 Å². The summed E-state index contributed by atoms with van der Waals surface area (Å²) in [5.74, 6) is 0. The first-order valence-corrected chi connectivity index (χ1v) is 7.54. The summed E-state index contributed by atoms with van der Waals surface area (Å²) in [7, 11) is 0. The number of aryl methyl sites for hydroxylation is 2. The highest BCUT2D eigenvalue weighted by atomic mass is 32.1. The molecule has 0 aliphatic heterocycles. The van der Waals surface area contributed by atoms with Gasteiger partial charge < -0.3 is 5.32 Å². The molecule has 94 valence electrons. The number of rotatable bonds is 3. The van der Waals surface area contributed by atoms with E-state index in [1.54, 1.807) is 5.56 Å². The molecule has 2 heteroatoms. The average molecular weight is 257 g/mol. The number of hydrogen-bond donors (Lipinski definition) is 1. The van der Waals surface area contributed by atoms with Crippen LogP contribution < -0.4 is 5.32 Å². The molecule has 18 heavy (non-hydrogen) atoms. The van der Waals surface area contributed by atoms with Crippen LogP contribution in [0.1, 0.15) is 28.0 Å². The van der Waals surface area contributed by atoms with Gasteiger partial charge >= 0.3 is 0 Å². The molecule has 0 saturated carbocycles. The maximum absolute atomic E-state index is 3.72. The van der Waals surface area contributed by atoms with Crippen molar-refractivity contribution in [3.05, 3.63) is 57.3 Å². The van der Waals surface area contributed by atoms with Crippen molar-refractivity contribution in [3.8, 4) is 0 Å². The van der Waals surface area contributed by atoms with Crippen molar-refractivity contribution in [2.24, 2.45) is 0 Å². The summed E-state index contributed by atoms with van der Waals surface area (Å²) in [6, 6.07) is 11.7. The Kier molecular flexibility index (Phi) is 3.48. The standard InChI is InChI=1S/C16H19NS/c1-12-8-9-18-16(12)11-17-15-7-6-13-4-2-3-5-14(13)10-15/h2-5,8-9,15,17H,6-7,10-11H2,1H3. The molecule has 2 aromatic rings. The van der Waals surface area contributed by atoms with E-state index in [1.165, 1.54) is 35.3 Å². The second-order valence-corrected chi connectivity index (χ2v) is 6.12. The van der Waals surface area contributed by atoms with Crippen molar-refractivity contribution in [1.29, 1.82) is 0 Å². The lowest BCUT2D eigenvalue weighted by Gasteiger charge is -2.25. The fourth-order valence-electron chi connectivity index (χ4n) is 2.69. The Morgan fingerprint density at radius 2 is 2.06 bits per heavy atom. The molecular weight excluding hydrogens is 238 g/mol. The molecule has 0 amide bonds. The number of thiophene rings is 1. The van der Waals surface area contributed by atoms with Crippen molar-refractivity contribution < 1.29 is 0 Å². The van der Waals surface area contributed by atoms with Crippen LogP contribution in [-0.2, 0) is 19.4 Å². The van der Waals surface area contributed by atoms with Crippen LogP contribution in [0, 0.1) is 6.92 Å². The van der Waals surface area contributed by atoms with Gasteiger partial charge in [-0.25, -0.2) is 0 Å². The minimum Gasteiger partial charge on any atom is -0.309 e. The molecule has 1 N–H and O–H groups in total. The van der Waals surface area contributed by atoms with Gasteiger partial charge in [0.2, 0.25) is 0 Å². The van der Waals surface area contributed by atoms with E-state index in [1.807, 2.05) is 11.3 Å². The quantitative estimate of drug-likeness (QED) is 0.884. The van der Waals surface area contributed by atoms with E-state index in [-0.39, 0.29) is 0 Å². The van der Waals surface area contributed by atoms with Gasteiger partial charge in [0.25, 0.3) is 0 Å². The summed E-state index contributed by atoms with van der Waals surface area (Å²) in [4.78, 5) is 1.48. The van der Waals surface area contributed by atoms with Crippen LogP contribution in [-0.4, -0.2) is 6.04 Å². The molecule has 1 nitrogen and oxygen atoms in total. The van der Waals surface area contributed by atoms with E-state index in [0.29, 0.717) is 6.04 Å². The van der Waals surface area contributed by atoms with Crippen molar-refractivity contribution in [2.75, 3.05) is 0 Å². The summed E-state index contributed by atoms with van der Waals surface area (Å²) in [5, 5.41) is 5.90. The summed E-state index contributed by atoms with van der Waals surface area (Å²) < 4.78 is 0. The van der Waals surface area contributed by atoms with Gasteiger partial charge in [0.1, 0.15) is 0 Å². The highest BCUT2D eigenvalue weighted by molar-refractivity contribution is 7.10. The van der Waals surface area contributed by atoms with E-state index >= 15 is 0 Å². The predicted molar refractivity (Wildman–Crippen MR) is 78.2 cm³/mol. The van der Waals surface area contributed by atoms with Crippen LogP contribution in [0.5, 0.6) is 0 Å². The van der Waals surface area contributed by atoms with Crippen molar-refractivity contribution in [2.45, 2.75) is 38.8 Å². The van der Waals surface area contributed by atoms with Gasteiger partial charge in [0.05, 0.1) is 0 Å². The fraction of sp³-hybridized carbons (Fsp3) is 0.375. The zero-order valence-electron chi connectivity index (χ0n) is 10.8. The van der Waals surface area contributed by atoms with Crippen LogP contribution >= 0.6 is 11.3 Å². The van der Waals surface area contributed by atoms with Gasteiger partial charge in [-0.15, -0.1) is 11.3 Å². The molecule has 0 bridgehead atoms. The average Bonchev–Trinajstić information content (AvgIpc) is 2.82. The maximum Gasteiger partial charge on any atom is 0.0305 e. The third-order valence-electron chi connectivity index (χ3n) is 3.87. The topological polar surface area (TPSA) is 12.0 Å². The zero-order chi connectivity index (χ0) is 12.4. The molecule has 1 aliphatic rings. The fourth-order valence-corrected chi connectivity index (χ4v) is 3.55. The number of benzene rings is 1. The first kappa shape index (κ1) is 11.9. The van der Waals surface area contributed by atoms with Crippen LogP contribution in [0.3, 0.4) is 0 Å². The molecule has 1 aromatic heterocycles. The highest BCUT2D eigenvalue weighted by Gasteiger charge is 2.17. The Morgan fingerprint density at radius 3 is 2.83 bits per heavy atom. The summed E-state index contributed by atoms with van der Waals surface area (Å²) >= 11 is 1.86. The van der Waals surface area contributed by atoms with E-state index in [9.17, 15) is 0 Å². The van der Waals surface area contributed by atoms with Crippen molar-refractivity contribution >= 4 is 11.3 Å². The number of nitrogens with one attached hydrogen (secondary N) is 1. The lowest BCUT2D eigenvalue weighted by molar-refractivity contribution is 0.459. The Hall–Kier alpha value is -1.12. The van der Waals surface area contributed by atoms with Crippen LogP contribution in [0.15, 0.2) is 35.7 Å². The summed E-state index contributed by atoms with van der Waals surface area (Å²) in [5.41, 5.74) is 4.50. The lowest BCUT2D eigenvalue weighted by Crippen LogP contribution is -2.34. The van der Waals surface area contributed by atoms with Crippen LogP contribution in [0.2, 0.25) is 0 Å². The predicted octanol–water partition coefficient (Wildman–Crippen LogP) is 3.70. The highest BCUT2D eigenvalue weighted by Crippen LogP contribution is 2.22. The molecule has 0 spiro atoms. The van der Waals surface area contributed by atoms with E-state index in [0.717, 1.165) is 6.54 Å². The molecular formula is C16H19NS. The van der Waals surface area contributed by atoms with Gasteiger partial charge in [-0.1, -0.05) is 24.3 Å². The van der Waals surface area contributed by atoms with E-state index < -0.39 is 0 Å². The van der Waals surface area contributed by atoms with Crippen LogP contribution in [0.4, 0.5) is 0 Å². The Balaban J connectivity index is 1.61. The summed E-state index contributed by atoms with van der Waals surface area (Å²) in [6.07, 6.45) is 3.67. The third-order valence-corrected chi connectivity index (χ3v) is 4.89. The third kappa shape index (κ3) is 2.50. The molecule has 3 rings (SSSR count). The SMILES string of the molecule is Cc1ccsc1CNC1CCc2ccccc2C1. The first-order chi connectivity index (χ1) is 8.83. The monoisotopic (exact) mass is 257 g/mol. The second kappa shape index (κ2) is 5.25. The second-order valence-electron chi connectivity index (χ2n) is 5.12. The minimum absolute atomic E-state index is 0.640. The molecule has 0 radical (unpaired) electrons. The normalized spacial score (nSPS) is 18.6. The molecule has 0 fully saturated rings. The molecule has 1 unspecified atom stereocenters. The van der Waals surface area contributed by atoms with Gasteiger partial charge in [-0.2, -0.15) is 0 Å². The lowest BCUT2D eigenvalue weighted by atomic mass is 9.88. The van der Waals surface area contributed by atoms with Gasteiger partial charge in [-0.05, 0) is 54.3 Å². The van der Waals surface area contributed by atoms with Crippen LogP contribution in [0.25, 0.3) is 0 Å². The number of hydrogen-bond acceptors (Lipinski definition) is 2. The zero-order valence-corrected chi connectivity index (χ0v) is 11.6. The Morgan fingerprint density at radius 1 is 1.22 bits per heavy atom. The maximum atomic E-state index is 3.72. The number of fused-ring (bicyclic) bond motifs is 1. The smallest absolute Gasteiger partial charge is 0.0305 e. The largest absolute Gasteiger partial charge is 0.309 e. The van der Waals surface area contributed by atoms with Crippen molar-refractivity contribution in [3.63, 3.8) is 0 Å². The van der Waals surface area contributed by atoms with E-state index in [2.05, 4.69) is 48.0 Å². The first-order valence-electron chi connectivity index (χ1n) is 6.66. The van der Waals surface area contributed by atoms with Crippen molar-refractivity contribution in [1.82, 2.24) is 5.32 Å². The summed E-state index contributed by atoms with van der Waals surface area (Å²) in [6.45, 7) is 3.22. The van der Waals surface area contributed by atoms with Gasteiger partial charge in [0.15, 0.2) is 0 Å². The molecule has 1 aromatic carbocycles. The Bertz CT molecular complexity index is 529. The molecule has 1 aliphatic carbocycles. The minimum atomic E-state index is 0.640. The van der Waals surface area contributed by atoms with Gasteiger partial charge in [-0.3, -0.25) is 0 Å². The molecule has 1 atom stereocenters. The molecule has 1 heterocycles. The Labute approximate surface area is 113 Å².